The number of aromatic nitrogens is 1. The van der Waals surface area contributed by atoms with Crippen LogP contribution < -0.4 is 10.1 Å². The van der Waals surface area contributed by atoms with Gasteiger partial charge in [-0.05, 0) is 29.7 Å². The third-order valence-corrected chi connectivity index (χ3v) is 4.74. The average molecular weight is 286 g/mol. The lowest BCUT2D eigenvalue weighted by molar-refractivity contribution is 0.397. The molecule has 0 bridgehead atoms. The highest BCUT2D eigenvalue weighted by Gasteiger charge is 2.20. The van der Waals surface area contributed by atoms with E-state index in [1.165, 1.54) is 16.0 Å². The summed E-state index contributed by atoms with van der Waals surface area (Å²) in [6.07, 6.45) is 2.95. The fraction of sp³-hybridized carbons (Fsp3) is 0.312. The van der Waals surface area contributed by atoms with Crippen LogP contribution in [-0.4, -0.2) is 23.9 Å². The van der Waals surface area contributed by atoms with Crippen molar-refractivity contribution in [3.05, 3.63) is 53.7 Å². The molecule has 0 saturated carbocycles. The number of ether oxygens (including phenoxy) is 1. The summed E-state index contributed by atoms with van der Waals surface area (Å²) in [4.78, 5) is 5.55. The fourth-order valence-corrected chi connectivity index (χ4v) is 3.70. The topological polar surface area (TPSA) is 34.1 Å². The molecule has 0 radical (unpaired) electrons. The van der Waals surface area contributed by atoms with Gasteiger partial charge in [-0.2, -0.15) is 0 Å². The summed E-state index contributed by atoms with van der Waals surface area (Å²) < 4.78 is 5.13. The van der Waals surface area contributed by atoms with E-state index in [1.807, 2.05) is 23.9 Å². The molecule has 0 spiro atoms. The minimum absolute atomic E-state index is 0.635. The normalized spacial score (nSPS) is 16.9. The van der Waals surface area contributed by atoms with Crippen molar-refractivity contribution in [3.8, 4) is 5.88 Å². The van der Waals surface area contributed by atoms with E-state index in [1.54, 1.807) is 13.3 Å². The Labute approximate surface area is 123 Å². The number of nitrogens with zero attached hydrogens (tertiary/aromatic N) is 1. The maximum Gasteiger partial charge on any atom is 0.213 e. The molecule has 1 aromatic carbocycles. The van der Waals surface area contributed by atoms with Gasteiger partial charge in [0.2, 0.25) is 5.88 Å². The number of benzene rings is 1. The maximum atomic E-state index is 5.13. The molecule has 1 aliphatic heterocycles. The van der Waals surface area contributed by atoms with E-state index < -0.39 is 0 Å². The van der Waals surface area contributed by atoms with Gasteiger partial charge in [0.1, 0.15) is 0 Å². The van der Waals surface area contributed by atoms with Crippen molar-refractivity contribution in [2.45, 2.75) is 23.1 Å². The van der Waals surface area contributed by atoms with E-state index in [0.717, 1.165) is 19.5 Å². The molecular weight excluding hydrogens is 268 g/mol. The Balaban J connectivity index is 1.49. The molecule has 1 aromatic heterocycles. The Hall–Kier alpha value is -1.52. The van der Waals surface area contributed by atoms with E-state index >= 15 is 0 Å². The molecule has 0 amide bonds. The minimum Gasteiger partial charge on any atom is -0.481 e. The van der Waals surface area contributed by atoms with E-state index in [4.69, 9.17) is 4.74 Å². The SMILES string of the molecule is COc1cc(CNCC2Cc3ccccc3S2)ccn1. The summed E-state index contributed by atoms with van der Waals surface area (Å²) in [6.45, 7) is 1.87. The summed E-state index contributed by atoms with van der Waals surface area (Å²) in [5, 5.41) is 4.16. The van der Waals surface area contributed by atoms with Crippen molar-refractivity contribution < 1.29 is 4.74 Å². The van der Waals surface area contributed by atoms with E-state index in [9.17, 15) is 0 Å². The number of hydrogen-bond donors (Lipinski definition) is 1. The van der Waals surface area contributed by atoms with Crippen molar-refractivity contribution in [1.29, 1.82) is 0 Å². The van der Waals surface area contributed by atoms with Gasteiger partial charge in [-0.3, -0.25) is 0 Å². The number of methoxy groups -OCH3 is 1. The van der Waals surface area contributed by atoms with Gasteiger partial charge < -0.3 is 10.1 Å². The van der Waals surface area contributed by atoms with Crippen LogP contribution >= 0.6 is 11.8 Å². The van der Waals surface area contributed by atoms with E-state index in [0.29, 0.717) is 11.1 Å². The van der Waals surface area contributed by atoms with Crippen molar-refractivity contribution in [3.63, 3.8) is 0 Å². The first-order valence-electron chi connectivity index (χ1n) is 6.79. The number of rotatable bonds is 5. The van der Waals surface area contributed by atoms with E-state index in [-0.39, 0.29) is 0 Å². The van der Waals surface area contributed by atoms with Crippen LogP contribution in [-0.2, 0) is 13.0 Å². The molecule has 2 aromatic rings. The second kappa shape index (κ2) is 6.29. The second-order valence-electron chi connectivity index (χ2n) is 4.89. The molecule has 20 heavy (non-hydrogen) atoms. The number of nitrogens with one attached hydrogen (secondary N) is 1. The van der Waals surface area contributed by atoms with Gasteiger partial charge in [0.05, 0.1) is 7.11 Å². The van der Waals surface area contributed by atoms with Crippen molar-refractivity contribution >= 4 is 11.8 Å². The standard InChI is InChI=1S/C16H18N2OS/c1-19-16-8-12(6-7-18-16)10-17-11-14-9-13-4-2-3-5-15(13)20-14/h2-8,14,17H,9-11H2,1H3. The molecule has 3 rings (SSSR count). The molecule has 4 heteroatoms. The van der Waals surface area contributed by atoms with Crippen LogP contribution in [0.15, 0.2) is 47.5 Å². The zero-order chi connectivity index (χ0) is 13.8. The van der Waals surface area contributed by atoms with Crippen LogP contribution in [0.4, 0.5) is 0 Å². The highest BCUT2D eigenvalue weighted by Crippen LogP contribution is 2.36. The summed E-state index contributed by atoms with van der Waals surface area (Å²) in [5.41, 5.74) is 2.69. The predicted molar refractivity (Wildman–Crippen MR) is 82.3 cm³/mol. The quantitative estimate of drug-likeness (QED) is 0.916. The Bertz CT molecular complexity index is 563. The smallest absolute Gasteiger partial charge is 0.213 e. The van der Waals surface area contributed by atoms with Crippen LogP contribution in [0.1, 0.15) is 11.1 Å². The highest BCUT2D eigenvalue weighted by atomic mass is 32.2. The van der Waals surface area contributed by atoms with Gasteiger partial charge in [-0.25, -0.2) is 4.98 Å². The number of fused-ring (bicyclic) bond motifs is 1. The molecule has 1 aliphatic rings. The number of pyridine rings is 1. The van der Waals surface area contributed by atoms with Gasteiger partial charge in [0, 0.05) is 35.5 Å². The van der Waals surface area contributed by atoms with Crippen LogP contribution in [0.25, 0.3) is 0 Å². The van der Waals surface area contributed by atoms with Crippen molar-refractivity contribution in [2.75, 3.05) is 13.7 Å². The molecule has 1 atom stereocenters. The monoisotopic (exact) mass is 286 g/mol. The third kappa shape index (κ3) is 3.14. The molecule has 3 nitrogen and oxygen atoms in total. The summed E-state index contributed by atoms with van der Waals surface area (Å²) in [5.74, 6) is 0.673. The van der Waals surface area contributed by atoms with E-state index in [2.05, 4.69) is 34.6 Å². The molecule has 1 unspecified atom stereocenters. The Kier molecular flexibility index (Phi) is 4.23. The zero-order valence-electron chi connectivity index (χ0n) is 11.5. The largest absolute Gasteiger partial charge is 0.481 e. The molecule has 0 saturated heterocycles. The van der Waals surface area contributed by atoms with Gasteiger partial charge in [0.25, 0.3) is 0 Å². The van der Waals surface area contributed by atoms with Crippen molar-refractivity contribution in [1.82, 2.24) is 10.3 Å². The second-order valence-corrected chi connectivity index (χ2v) is 6.23. The number of hydrogen-bond acceptors (Lipinski definition) is 4. The maximum absolute atomic E-state index is 5.13. The first-order chi connectivity index (χ1) is 9.85. The lowest BCUT2D eigenvalue weighted by Crippen LogP contribution is -2.24. The van der Waals surface area contributed by atoms with Gasteiger partial charge >= 0.3 is 0 Å². The molecule has 104 valence electrons. The predicted octanol–water partition coefficient (Wildman–Crippen LogP) is 2.90. The average Bonchev–Trinajstić information content (AvgIpc) is 2.90. The Morgan fingerprint density at radius 3 is 3.10 bits per heavy atom. The zero-order valence-corrected chi connectivity index (χ0v) is 12.3. The first kappa shape index (κ1) is 13.5. The molecule has 0 fully saturated rings. The van der Waals surface area contributed by atoms with Crippen LogP contribution in [0.3, 0.4) is 0 Å². The molecule has 0 aliphatic carbocycles. The lowest BCUT2D eigenvalue weighted by Gasteiger charge is -2.10. The van der Waals surface area contributed by atoms with Gasteiger partial charge in [-0.15, -0.1) is 11.8 Å². The fourth-order valence-electron chi connectivity index (χ4n) is 2.42. The Morgan fingerprint density at radius 2 is 2.25 bits per heavy atom. The molecular formula is C16H18N2OS. The highest BCUT2D eigenvalue weighted by molar-refractivity contribution is 8.00. The summed E-state index contributed by atoms with van der Waals surface area (Å²) in [7, 11) is 1.64. The summed E-state index contributed by atoms with van der Waals surface area (Å²) in [6, 6.07) is 12.7. The molecule has 2 heterocycles. The minimum atomic E-state index is 0.635. The Morgan fingerprint density at radius 1 is 1.35 bits per heavy atom. The van der Waals surface area contributed by atoms with Crippen LogP contribution in [0, 0.1) is 0 Å². The van der Waals surface area contributed by atoms with Gasteiger partial charge in [-0.1, -0.05) is 18.2 Å². The lowest BCUT2D eigenvalue weighted by atomic mass is 10.1. The first-order valence-corrected chi connectivity index (χ1v) is 7.67. The van der Waals surface area contributed by atoms with Crippen LogP contribution in [0.5, 0.6) is 5.88 Å². The van der Waals surface area contributed by atoms with Crippen molar-refractivity contribution in [2.24, 2.45) is 0 Å². The molecule has 1 N–H and O–H groups in total. The number of thioether (sulfide) groups is 1. The van der Waals surface area contributed by atoms with Gasteiger partial charge in [0.15, 0.2) is 0 Å². The third-order valence-electron chi connectivity index (χ3n) is 3.42. The summed E-state index contributed by atoms with van der Waals surface area (Å²) >= 11 is 1.98. The van der Waals surface area contributed by atoms with Crippen LogP contribution in [0.2, 0.25) is 0 Å².